The Balaban J connectivity index is 2.04. The first-order valence-electron chi connectivity index (χ1n) is 6.92. The molecule has 1 unspecified atom stereocenters. The fourth-order valence-corrected chi connectivity index (χ4v) is 2.06. The van der Waals surface area contributed by atoms with Gasteiger partial charge in [0.2, 0.25) is 0 Å². The molecule has 0 bridgehead atoms. The molecule has 1 aliphatic rings. The number of carbonyl (C=O) groups is 2. The molecule has 19 heavy (non-hydrogen) atoms. The third-order valence-electron chi connectivity index (χ3n) is 3.26. The van der Waals surface area contributed by atoms with Gasteiger partial charge in [-0.15, -0.1) is 0 Å². The summed E-state index contributed by atoms with van der Waals surface area (Å²) < 4.78 is 5.61. The monoisotopic (exact) mass is 272 g/mol. The first kappa shape index (κ1) is 15.8. The van der Waals surface area contributed by atoms with Crippen molar-refractivity contribution in [1.29, 1.82) is 0 Å². The summed E-state index contributed by atoms with van der Waals surface area (Å²) in [6.07, 6.45) is 5.68. The van der Waals surface area contributed by atoms with E-state index in [4.69, 9.17) is 9.84 Å². The summed E-state index contributed by atoms with van der Waals surface area (Å²) in [5.74, 6) is -0.894. The number of urea groups is 1. The van der Waals surface area contributed by atoms with Gasteiger partial charge in [-0.3, -0.25) is 4.79 Å². The van der Waals surface area contributed by atoms with Gasteiger partial charge in [-0.2, -0.15) is 0 Å². The van der Waals surface area contributed by atoms with E-state index in [1.807, 2.05) is 0 Å². The van der Waals surface area contributed by atoms with Gasteiger partial charge in [-0.05, 0) is 32.1 Å². The van der Waals surface area contributed by atoms with Crippen LogP contribution in [0.2, 0.25) is 0 Å². The van der Waals surface area contributed by atoms with Gasteiger partial charge in [0.25, 0.3) is 0 Å². The van der Waals surface area contributed by atoms with Crippen LogP contribution in [0.1, 0.15) is 38.5 Å². The maximum absolute atomic E-state index is 11.6. The largest absolute Gasteiger partial charge is 0.481 e. The summed E-state index contributed by atoms with van der Waals surface area (Å²) in [7, 11) is 1.60. The van der Waals surface area contributed by atoms with Gasteiger partial charge in [0, 0.05) is 26.7 Å². The molecular weight excluding hydrogens is 248 g/mol. The van der Waals surface area contributed by atoms with Crippen molar-refractivity contribution < 1.29 is 19.4 Å². The van der Waals surface area contributed by atoms with Gasteiger partial charge >= 0.3 is 12.0 Å². The van der Waals surface area contributed by atoms with Crippen LogP contribution in [0.5, 0.6) is 0 Å². The molecule has 0 aromatic heterocycles. The average Bonchev–Trinajstić information content (AvgIpc) is 2.41. The topological polar surface area (TPSA) is 78.9 Å². The minimum Gasteiger partial charge on any atom is -0.481 e. The van der Waals surface area contributed by atoms with E-state index in [1.54, 1.807) is 7.05 Å². The highest BCUT2D eigenvalue weighted by Crippen LogP contribution is 2.16. The van der Waals surface area contributed by atoms with Crippen molar-refractivity contribution in [2.45, 2.75) is 44.6 Å². The van der Waals surface area contributed by atoms with Crippen LogP contribution in [0.3, 0.4) is 0 Å². The van der Waals surface area contributed by atoms with Crippen LogP contribution in [0.4, 0.5) is 4.79 Å². The maximum Gasteiger partial charge on any atom is 0.317 e. The molecule has 1 rings (SSSR count). The van der Waals surface area contributed by atoms with Crippen molar-refractivity contribution in [3.63, 3.8) is 0 Å². The van der Waals surface area contributed by atoms with E-state index in [2.05, 4.69) is 5.32 Å². The van der Waals surface area contributed by atoms with E-state index < -0.39 is 5.97 Å². The van der Waals surface area contributed by atoms with Crippen molar-refractivity contribution >= 4 is 12.0 Å². The zero-order valence-electron chi connectivity index (χ0n) is 11.6. The summed E-state index contributed by atoms with van der Waals surface area (Å²) in [6.45, 7) is 1.69. The lowest BCUT2D eigenvalue weighted by Gasteiger charge is -2.22. The molecule has 0 aliphatic carbocycles. The molecule has 1 saturated heterocycles. The third kappa shape index (κ3) is 7.00. The number of nitrogens with zero attached hydrogens (tertiary/aromatic N) is 1. The van der Waals surface area contributed by atoms with Crippen molar-refractivity contribution in [1.82, 2.24) is 10.2 Å². The van der Waals surface area contributed by atoms with E-state index in [-0.39, 0.29) is 19.0 Å². The van der Waals surface area contributed by atoms with Gasteiger partial charge < -0.3 is 20.1 Å². The van der Waals surface area contributed by atoms with Crippen LogP contribution in [0, 0.1) is 0 Å². The Hall–Kier alpha value is -1.30. The van der Waals surface area contributed by atoms with Gasteiger partial charge in [0.15, 0.2) is 0 Å². The Bertz CT molecular complexity index is 290. The Morgan fingerprint density at radius 3 is 2.84 bits per heavy atom. The second-order valence-corrected chi connectivity index (χ2v) is 4.93. The van der Waals surface area contributed by atoms with Gasteiger partial charge in [0.05, 0.1) is 12.5 Å². The quantitative estimate of drug-likeness (QED) is 0.688. The third-order valence-corrected chi connectivity index (χ3v) is 3.26. The zero-order chi connectivity index (χ0) is 14.1. The van der Waals surface area contributed by atoms with E-state index >= 15 is 0 Å². The van der Waals surface area contributed by atoms with Crippen LogP contribution in [0.25, 0.3) is 0 Å². The van der Waals surface area contributed by atoms with E-state index in [0.717, 1.165) is 32.3 Å². The zero-order valence-corrected chi connectivity index (χ0v) is 11.6. The highest BCUT2D eigenvalue weighted by Gasteiger charge is 2.14. The molecule has 1 aliphatic heterocycles. The number of rotatable bonds is 7. The summed E-state index contributed by atoms with van der Waals surface area (Å²) in [6, 6.07) is -0.217. The number of hydrogen-bond acceptors (Lipinski definition) is 3. The minimum atomic E-state index is -0.894. The minimum absolute atomic E-state index is 0.0279. The molecule has 2 amide bonds. The van der Waals surface area contributed by atoms with Crippen LogP contribution in [-0.4, -0.2) is 54.9 Å². The van der Waals surface area contributed by atoms with E-state index in [9.17, 15) is 9.59 Å². The number of carboxylic acid groups (broad SMARTS) is 1. The second kappa shape index (κ2) is 8.74. The second-order valence-electron chi connectivity index (χ2n) is 4.93. The molecule has 1 fully saturated rings. The highest BCUT2D eigenvalue weighted by atomic mass is 16.5. The number of amides is 2. The molecule has 0 aromatic carbocycles. The predicted octanol–water partition coefficient (Wildman–Crippen LogP) is 1.45. The van der Waals surface area contributed by atoms with Crippen molar-refractivity contribution in [2.24, 2.45) is 0 Å². The Labute approximate surface area is 114 Å². The number of carbonyl (C=O) groups excluding carboxylic acids is 1. The molecule has 6 heteroatoms. The molecule has 2 N–H and O–H groups in total. The molecule has 1 atom stereocenters. The fourth-order valence-electron chi connectivity index (χ4n) is 2.06. The first-order chi connectivity index (χ1) is 9.09. The normalized spacial score (nSPS) is 18.9. The van der Waals surface area contributed by atoms with Crippen LogP contribution < -0.4 is 5.32 Å². The molecule has 0 radical (unpaired) electrons. The number of aliphatic carboxylic acids is 1. The lowest BCUT2D eigenvalue weighted by molar-refractivity contribution is -0.137. The first-order valence-corrected chi connectivity index (χ1v) is 6.92. The van der Waals surface area contributed by atoms with Crippen LogP contribution in [-0.2, 0) is 9.53 Å². The molecule has 110 valence electrons. The van der Waals surface area contributed by atoms with Crippen LogP contribution in [0.15, 0.2) is 0 Å². The van der Waals surface area contributed by atoms with Crippen molar-refractivity contribution in [2.75, 3.05) is 26.7 Å². The Morgan fingerprint density at radius 2 is 2.21 bits per heavy atom. The predicted molar refractivity (Wildman–Crippen MR) is 71.1 cm³/mol. The number of carboxylic acids is 1. The molecule has 1 heterocycles. The molecule has 0 aromatic rings. The lowest BCUT2D eigenvalue weighted by Crippen LogP contribution is -2.39. The van der Waals surface area contributed by atoms with Crippen LogP contribution >= 0.6 is 0 Å². The summed E-state index contributed by atoms with van der Waals surface area (Å²) in [5.41, 5.74) is 0. The number of hydrogen-bond donors (Lipinski definition) is 2. The number of nitrogens with one attached hydrogen (secondary N) is 1. The van der Waals surface area contributed by atoms with Gasteiger partial charge in [0.1, 0.15) is 0 Å². The summed E-state index contributed by atoms with van der Waals surface area (Å²) in [5, 5.41) is 11.3. The molecule has 0 spiro atoms. The van der Waals surface area contributed by atoms with E-state index in [1.165, 1.54) is 11.3 Å². The summed E-state index contributed by atoms with van der Waals surface area (Å²) >= 11 is 0. The Morgan fingerprint density at radius 1 is 1.42 bits per heavy atom. The van der Waals surface area contributed by atoms with Gasteiger partial charge in [-0.1, -0.05) is 0 Å². The van der Waals surface area contributed by atoms with Crippen molar-refractivity contribution in [3.8, 4) is 0 Å². The molecule has 6 nitrogen and oxygen atoms in total. The molecular formula is C13H24N2O4. The van der Waals surface area contributed by atoms with Gasteiger partial charge in [-0.25, -0.2) is 4.79 Å². The average molecular weight is 272 g/mol. The number of ether oxygens (including phenoxy) is 1. The standard InChI is InChI=1S/C13H24N2O4/c1-15(9-7-12(16)17)13(18)14-8-4-6-11-5-2-3-10-19-11/h11H,2-10H2,1H3,(H,14,18)(H,16,17). The Kier molecular flexibility index (Phi) is 7.25. The fraction of sp³-hybridized carbons (Fsp3) is 0.846. The maximum atomic E-state index is 11.6. The SMILES string of the molecule is CN(CCC(=O)O)C(=O)NCCCC1CCCCO1. The summed E-state index contributed by atoms with van der Waals surface area (Å²) in [4.78, 5) is 23.4. The smallest absolute Gasteiger partial charge is 0.317 e. The molecule has 0 saturated carbocycles. The lowest BCUT2D eigenvalue weighted by atomic mass is 10.0. The highest BCUT2D eigenvalue weighted by molar-refractivity contribution is 5.74. The van der Waals surface area contributed by atoms with Crippen molar-refractivity contribution in [3.05, 3.63) is 0 Å². The van der Waals surface area contributed by atoms with E-state index in [0.29, 0.717) is 12.6 Å².